The van der Waals surface area contributed by atoms with Gasteiger partial charge in [0.1, 0.15) is 5.75 Å². The average molecular weight is 206 g/mol. The second kappa shape index (κ2) is 5.20. The molecule has 1 N–H and O–H groups in total. The zero-order valence-corrected chi connectivity index (χ0v) is 8.86. The van der Waals surface area contributed by atoms with Gasteiger partial charge in [0.2, 0.25) is 0 Å². The van der Waals surface area contributed by atoms with Gasteiger partial charge in [-0.15, -0.1) is 0 Å². The number of hydrogen-bond acceptors (Lipinski definition) is 3. The number of phenols is 1. The Hall–Kier alpha value is -1.77. The summed E-state index contributed by atoms with van der Waals surface area (Å²) in [5.74, 6) is -0.243. The van der Waals surface area contributed by atoms with Gasteiger partial charge in [-0.25, -0.2) is 4.79 Å². The van der Waals surface area contributed by atoms with Crippen molar-refractivity contribution in [1.82, 2.24) is 0 Å². The van der Waals surface area contributed by atoms with Crippen LogP contribution in [0.5, 0.6) is 5.75 Å². The summed E-state index contributed by atoms with van der Waals surface area (Å²) in [6.45, 7) is 3.98. The lowest BCUT2D eigenvalue weighted by molar-refractivity contribution is -0.137. The lowest BCUT2D eigenvalue weighted by Gasteiger charge is -2.00. The SMILES string of the molecule is CCOC(=O)C=Cc1ccc(C)cc1O. The van der Waals surface area contributed by atoms with Gasteiger partial charge < -0.3 is 9.84 Å². The van der Waals surface area contributed by atoms with E-state index in [9.17, 15) is 9.90 Å². The minimum Gasteiger partial charge on any atom is -0.507 e. The molecule has 0 aromatic heterocycles. The number of aromatic hydroxyl groups is 1. The van der Waals surface area contributed by atoms with Crippen LogP contribution < -0.4 is 0 Å². The lowest BCUT2D eigenvalue weighted by atomic mass is 10.1. The summed E-state index contributed by atoms with van der Waals surface area (Å²) in [5.41, 5.74) is 1.58. The quantitative estimate of drug-likeness (QED) is 0.609. The van der Waals surface area contributed by atoms with Gasteiger partial charge in [-0.3, -0.25) is 0 Å². The first-order valence-corrected chi connectivity index (χ1v) is 4.78. The normalized spacial score (nSPS) is 10.5. The molecule has 0 saturated carbocycles. The van der Waals surface area contributed by atoms with Crippen LogP contribution in [-0.4, -0.2) is 17.7 Å². The Kier molecular flexibility index (Phi) is 3.92. The van der Waals surface area contributed by atoms with Gasteiger partial charge in [-0.05, 0) is 31.6 Å². The number of phenolic OH excluding ortho intramolecular Hbond substituents is 1. The van der Waals surface area contributed by atoms with Gasteiger partial charge in [0, 0.05) is 11.6 Å². The largest absolute Gasteiger partial charge is 0.507 e. The number of ether oxygens (including phenoxy) is 1. The topological polar surface area (TPSA) is 46.5 Å². The lowest BCUT2D eigenvalue weighted by Crippen LogP contribution is -1.98. The van der Waals surface area contributed by atoms with Crippen LogP contribution in [0.1, 0.15) is 18.1 Å². The molecule has 3 nitrogen and oxygen atoms in total. The Bertz CT molecular complexity index is 380. The van der Waals surface area contributed by atoms with E-state index in [0.717, 1.165) is 5.56 Å². The van der Waals surface area contributed by atoms with E-state index in [4.69, 9.17) is 4.74 Å². The van der Waals surface area contributed by atoms with Crippen LogP contribution in [-0.2, 0) is 9.53 Å². The molecule has 0 aliphatic carbocycles. The highest BCUT2D eigenvalue weighted by atomic mass is 16.5. The summed E-state index contributed by atoms with van der Waals surface area (Å²) < 4.78 is 4.72. The summed E-state index contributed by atoms with van der Waals surface area (Å²) in [6.07, 6.45) is 2.83. The van der Waals surface area contributed by atoms with Crippen molar-refractivity contribution in [2.75, 3.05) is 6.61 Å². The number of hydrogen-bond donors (Lipinski definition) is 1. The van der Waals surface area contributed by atoms with E-state index in [-0.39, 0.29) is 5.75 Å². The summed E-state index contributed by atoms with van der Waals surface area (Å²) in [6, 6.07) is 5.26. The number of carbonyl (C=O) groups excluding carboxylic acids is 1. The summed E-state index contributed by atoms with van der Waals surface area (Å²) in [7, 11) is 0. The molecule has 0 spiro atoms. The van der Waals surface area contributed by atoms with Crippen molar-refractivity contribution in [3.05, 3.63) is 35.4 Å². The molecule has 0 unspecified atom stereocenters. The van der Waals surface area contributed by atoms with Crippen LogP contribution in [0.4, 0.5) is 0 Å². The van der Waals surface area contributed by atoms with Crippen molar-refractivity contribution in [1.29, 1.82) is 0 Å². The summed E-state index contributed by atoms with van der Waals surface area (Å²) in [5, 5.41) is 9.53. The van der Waals surface area contributed by atoms with E-state index in [1.54, 1.807) is 19.1 Å². The van der Waals surface area contributed by atoms with Crippen molar-refractivity contribution < 1.29 is 14.6 Å². The maximum atomic E-state index is 11.0. The number of aryl methyl sites for hydroxylation is 1. The molecule has 1 aromatic carbocycles. The van der Waals surface area contributed by atoms with E-state index in [2.05, 4.69) is 0 Å². The molecule has 15 heavy (non-hydrogen) atoms. The maximum Gasteiger partial charge on any atom is 0.330 e. The van der Waals surface area contributed by atoms with Gasteiger partial charge in [0.25, 0.3) is 0 Å². The molecule has 0 saturated heterocycles. The van der Waals surface area contributed by atoms with Crippen LogP contribution in [0.2, 0.25) is 0 Å². The molecule has 0 bridgehead atoms. The Morgan fingerprint density at radius 3 is 2.87 bits per heavy atom. The van der Waals surface area contributed by atoms with Gasteiger partial charge in [-0.2, -0.15) is 0 Å². The van der Waals surface area contributed by atoms with Gasteiger partial charge in [0.15, 0.2) is 0 Å². The van der Waals surface area contributed by atoms with Gasteiger partial charge >= 0.3 is 5.97 Å². The maximum absolute atomic E-state index is 11.0. The Balaban J connectivity index is 2.76. The molecular weight excluding hydrogens is 192 g/mol. The second-order valence-corrected chi connectivity index (χ2v) is 3.15. The molecule has 0 radical (unpaired) electrons. The van der Waals surface area contributed by atoms with E-state index in [0.29, 0.717) is 12.2 Å². The average Bonchev–Trinajstić information content (AvgIpc) is 2.17. The molecule has 0 aliphatic heterocycles. The van der Waals surface area contributed by atoms with Crippen LogP contribution >= 0.6 is 0 Å². The Morgan fingerprint density at radius 2 is 2.27 bits per heavy atom. The third-order valence-electron chi connectivity index (χ3n) is 1.87. The molecule has 0 amide bonds. The highest BCUT2D eigenvalue weighted by molar-refractivity contribution is 5.87. The zero-order chi connectivity index (χ0) is 11.3. The molecule has 1 rings (SSSR count). The van der Waals surface area contributed by atoms with Crippen LogP contribution in [0.25, 0.3) is 6.08 Å². The minimum absolute atomic E-state index is 0.163. The van der Waals surface area contributed by atoms with Gasteiger partial charge in [-0.1, -0.05) is 12.1 Å². The van der Waals surface area contributed by atoms with Crippen molar-refractivity contribution in [3.63, 3.8) is 0 Å². The van der Waals surface area contributed by atoms with E-state index in [1.807, 2.05) is 13.0 Å². The van der Waals surface area contributed by atoms with Crippen LogP contribution in [0.3, 0.4) is 0 Å². The second-order valence-electron chi connectivity index (χ2n) is 3.15. The van der Waals surface area contributed by atoms with E-state index < -0.39 is 5.97 Å². The molecule has 3 heteroatoms. The third-order valence-corrected chi connectivity index (χ3v) is 1.87. The zero-order valence-electron chi connectivity index (χ0n) is 8.86. The summed E-state index contributed by atoms with van der Waals surface area (Å²) >= 11 is 0. The van der Waals surface area contributed by atoms with Crippen molar-refractivity contribution in [3.8, 4) is 5.75 Å². The summed E-state index contributed by atoms with van der Waals surface area (Å²) in [4.78, 5) is 11.0. The fourth-order valence-corrected chi connectivity index (χ4v) is 1.14. The number of esters is 1. The third kappa shape index (κ3) is 3.46. The minimum atomic E-state index is -0.405. The number of carbonyl (C=O) groups is 1. The highest BCUT2D eigenvalue weighted by Gasteiger charge is 1.98. The fourth-order valence-electron chi connectivity index (χ4n) is 1.14. The standard InChI is InChI=1S/C12H14O3/c1-3-15-12(14)7-6-10-5-4-9(2)8-11(10)13/h4-8,13H,3H2,1-2H3. The Labute approximate surface area is 89.0 Å². The smallest absolute Gasteiger partial charge is 0.330 e. The number of rotatable bonds is 3. The molecule has 0 atom stereocenters. The first-order valence-electron chi connectivity index (χ1n) is 4.78. The van der Waals surface area contributed by atoms with Crippen LogP contribution in [0, 0.1) is 6.92 Å². The first-order chi connectivity index (χ1) is 7.13. The predicted molar refractivity (Wildman–Crippen MR) is 58.5 cm³/mol. The van der Waals surface area contributed by atoms with E-state index in [1.165, 1.54) is 12.2 Å². The Morgan fingerprint density at radius 1 is 1.53 bits per heavy atom. The van der Waals surface area contributed by atoms with Crippen molar-refractivity contribution in [2.24, 2.45) is 0 Å². The molecular formula is C12H14O3. The van der Waals surface area contributed by atoms with Crippen molar-refractivity contribution in [2.45, 2.75) is 13.8 Å². The molecule has 0 fully saturated rings. The van der Waals surface area contributed by atoms with E-state index >= 15 is 0 Å². The molecule has 0 aliphatic rings. The first kappa shape index (κ1) is 11.3. The van der Waals surface area contributed by atoms with Crippen molar-refractivity contribution >= 4 is 12.0 Å². The molecule has 0 heterocycles. The fraction of sp³-hybridized carbons (Fsp3) is 0.250. The molecule has 1 aromatic rings. The van der Waals surface area contributed by atoms with Gasteiger partial charge in [0.05, 0.1) is 6.61 Å². The number of benzene rings is 1. The molecule has 80 valence electrons. The monoisotopic (exact) mass is 206 g/mol. The highest BCUT2D eigenvalue weighted by Crippen LogP contribution is 2.19. The van der Waals surface area contributed by atoms with Crippen LogP contribution in [0.15, 0.2) is 24.3 Å². The predicted octanol–water partition coefficient (Wildman–Crippen LogP) is 2.28.